The van der Waals surface area contributed by atoms with Crippen LogP contribution in [0.2, 0.25) is 0 Å². The minimum Gasteiger partial charge on any atom is -0.468 e. The molecule has 0 aromatic carbocycles. The molecular formula is C10H22N2O2. The highest BCUT2D eigenvalue weighted by atomic mass is 16.5. The molecule has 4 heteroatoms. The quantitative estimate of drug-likeness (QED) is 0.664. The third-order valence-electron chi connectivity index (χ3n) is 2.52. The van der Waals surface area contributed by atoms with Gasteiger partial charge in [0, 0.05) is 12.6 Å². The van der Waals surface area contributed by atoms with Crippen LogP contribution in [0.1, 0.15) is 27.2 Å². The minimum absolute atomic E-state index is 0.352. The number of carbonyl (C=O) groups is 1. The standard InChI is InChI=1S/C10H22N2O2/c1-8(2)12(4)7-6-10(3,11)9(13)14-5/h8H,6-7,11H2,1-5H3. The lowest BCUT2D eigenvalue weighted by atomic mass is 9.99. The number of methoxy groups -OCH3 is 1. The molecule has 0 saturated carbocycles. The second kappa shape index (κ2) is 5.32. The molecule has 0 aromatic rings. The number of ether oxygens (including phenoxy) is 1. The third-order valence-corrected chi connectivity index (χ3v) is 2.52. The maximum atomic E-state index is 11.3. The highest BCUT2D eigenvalue weighted by Gasteiger charge is 2.29. The van der Waals surface area contributed by atoms with E-state index in [1.54, 1.807) is 6.92 Å². The Hall–Kier alpha value is -0.610. The number of esters is 1. The van der Waals surface area contributed by atoms with Gasteiger partial charge in [0.2, 0.25) is 0 Å². The number of nitrogens with two attached hydrogens (primary N) is 1. The zero-order valence-corrected chi connectivity index (χ0v) is 9.83. The SMILES string of the molecule is COC(=O)C(C)(N)CCN(C)C(C)C. The van der Waals surface area contributed by atoms with Crippen molar-refractivity contribution >= 4 is 5.97 Å². The van der Waals surface area contributed by atoms with Gasteiger partial charge in [-0.1, -0.05) is 0 Å². The Balaban J connectivity index is 4.05. The fourth-order valence-electron chi connectivity index (χ4n) is 1.00. The summed E-state index contributed by atoms with van der Waals surface area (Å²) in [4.78, 5) is 13.4. The zero-order chi connectivity index (χ0) is 11.4. The predicted octanol–water partition coefficient (Wildman–Crippen LogP) is 0.607. The summed E-state index contributed by atoms with van der Waals surface area (Å²) in [6.45, 7) is 6.70. The van der Waals surface area contributed by atoms with Crippen LogP contribution in [0.5, 0.6) is 0 Å². The summed E-state index contributed by atoms with van der Waals surface area (Å²) < 4.78 is 4.63. The average molecular weight is 202 g/mol. The fourth-order valence-corrected chi connectivity index (χ4v) is 1.00. The summed E-state index contributed by atoms with van der Waals surface area (Å²) in [6, 6.07) is 0.462. The summed E-state index contributed by atoms with van der Waals surface area (Å²) in [5.41, 5.74) is 4.94. The van der Waals surface area contributed by atoms with E-state index in [0.717, 1.165) is 6.54 Å². The van der Waals surface area contributed by atoms with E-state index in [9.17, 15) is 4.79 Å². The number of hydrogen-bond acceptors (Lipinski definition) is 4. The lowest BCUT2D eigenvalue weighted by molar-refractivity contribution is -0.146. The molecule has 1 atom stereocenters. The van der Waals surface area contributed by atoms with Crippen molar-refractivity contribution in [3.8, 4) is 0 Å². The van der Waals surface area contributed by atoms with Gasteiger partial charge in [-0.2, -0.15) is 0 Å². The van der Waals surface area contributed by atoms with Gasteiger partial charge in [0.25, 0.3) is 0 Å². The van der Waals surface area contributed by atoms with E-state index in [2.05, 4.69) is 23.5 Å². The van der Waals surface area contributed by atoms with Crippen molar-refractivity contribution in [3.63, 3.8) is 0 Å². The first-order chi connectivity index (χ1) is 6.31. The summed E-state index contributed by atoms with van der Waals surface area (Å²) >= 11 is 0. The Morgan fingerprint density at radius 3 is 2.43 bits per heavy atom. The lowest BCUT2D eigenvalue weighted by Crippen LogP contribution is -2.48. The summed E-state index contributed by atoms with van der Waals surface area (Å²) in [6.07, 6.45) is 0.606. The van der Waals surface area contributed by atoms with Gasteiger partial charge >= 0.3 is 5.97 Å². The van der Waals surface area contributed by atoms with Crippen molar-refractivity contribution in [1.82, 2.24) is 4.90 Å². The molecule has 0 heterocycles. The molecule has 0 aliphatic heterocycles. The van der Waals surface area contributed by atoms with Crippen molar-refractivity contribution in [2.75, 3.05) is 20.7 Å². The van der Waals surface area contributed by atoms with E-state index in [0.29, 0.717) is 12.5 Å². The van der Waals surface area contributed by atoms with Crippen LogP contribution in [0, 0.1) is 0 Å². The van der Waals surface area contributed by atoms with Gasteiger partial charge < -0.3 is 15.4 Å². The molecule has 0 aliphatic carbocycles. The van der Waals surface area contributed by atoms with Crippen LogP contribution in [0.15, 0.2) is 0 Å². The van der Waals surface area contributed by atoms with Gasteiger partial charge in [0.05, 0.1) is 7.11 Å². The smallest absolute Gasteiger partial charge is 0.325 e. The first kappa shape index (κ1) is 13.4. The number of hydrogen-bond donors (Lipinski definition) is 1. The van der Waals surface area contributed by atoms with E-state index < -0.39 is 5.54 Å². The Kier molecular flexibility index (Phi) is 5.08. The van der Waals surface area contributed by atoms with E-state index >= 15 is 0 Å². The average Bonchev–Trinajstić information content (AvgIpc) is 2.12. The first-order valence-corrected chi connectivity index (χ1v) is 4.89. The third kappa shape index (κ3) is 4.07. The van der Waals surface area contributed by atoms with Crippen LogP contribution >= 0.6 is 0 Å². The second-order valence-electron chi connectivity index (χ2n) is 4.23. The Labute approximate surface area is 86.4 Å². The topological polar surface area (TPSA) is 55.6 Å². The van der Waals surface area contributed by atoms with Crippen molar-refractivity contribution in [2.45, 2.75) is 38.8 Å². The summed E-state index contributed by atoms with van der Waals surface area (Å²) in [5.74, 6) is -0.352. The van der Waals surface area contributed by atoms with E-state index in [4.69, 9.17) is 5.73 Å². The van der Waals surface area contributed by atoms with Crippen LogP contribution in [-0.4, -0.2) is 43.2 Å². The molecule has 0 aromatic heterocycles. The van der Waals surface area contributed by atoms with Gasteiger partial charge in [0.15, 0.2) is 0 Å². The van der Waals surface area contributed by atoms with Gasteiger partial charge in [0.1, 0.15) is 5.54 Å². The van der Waals surface area contributed by atoms with Crippen LogP contribution in [0.3, 0.4) is 0 Å². The monoisotopic (exact) mass is 202 g/mol. The summed E-state index contributed by atoms with van der Waals surface area (Å²) in [5, 5.41) is 0. The van der Waals surface area contributed by atoms with Crippen LogP contribution in [0.4, 0.5) is 0 Å². The Morgan fingerprint density at radius 1 is 1.57 bits per heavy atom. The molecule has 0 rings (SSSR count). The van der Waals surface area contributed by atoms with Crippen molar-refractivity contribution in [2.24, 2.45) is 5.73 Å². The van der Waals surface area contributed by atoms with Crippen molar-refractivity contribution < 1.29 is 9.53 Å². The number of nitrogens with zero attached hydrogens (tertiary/aromatic N) is 1. The van der Waals surface area contributed by atoms with Gasteiger partial charge in [-0.3, -0.25) is 4.79 Å². The molecule has 0 fully saturated rings. The Bertz CT molecular complexity index is 191. The van der Waals surface area contributed by atoms with E-state index in [-0.39, 0.29) is 5.97 Å². The molecule has 14 heavy (non-hydrogen) atoms. The molecule has 0 aliphatic rings. The molecule has 1 unspecified atom stereocenters. The van der Waals surface area contributed by atoms with Crippen molar-refractivity contribution in [1.29, 1.82) is 0 Å². The van der Waals surface area contributed by atoms with Crippen LogP contribution in [-0.2, 0) is 9.53 Å². The molecule has 84 valence electrons. The molecule has 0 saturated heterocycles. The maximum Gasteiger partial charge on any atom is 0.325 e. The molecule has 4 nitrogen and oxygen atoms in total. The maximum absolute atomic E-state index is 11.3. The molecular weight excluding hydrogens is 180 g/mol. The first-order valence-electron chi connectivity index (χ1n) is 4.89. The zero-order valence-electron chi connectivity index (χ0n) is 9.83. The van der Waals surface area contributed by atoms with E-state index in [1.807, 2.05) is 7.05 Å². The highest BCUT2D eigenvalue weighted by Crippen LogP contribution is 2.09. The Morgan fingerprint density at radius 2 is 2.07 bits per heavy atom. The van der Waals surface area contributed by atoms with Crippen LogP contribution in [0.25, 0.3) is 0 Å². The lowest BCUT2D eigenvalue weighted by Gasteiger charge is -2.27. The van der Waals surface area contributed by atoms with Crippen molar-refractivity contribution in [3.05, 3.63) is 0 Å². The molecule has 0 radical (unpaired) electrons. The highest BCUT2D eigenvalue weighted by molar-refractivity contribution is 5.79. The van der Waals surface area contributed by atoms with Gasteiger partial charge in [-0.15, -0.1) is 0 Å². The molecule has 0 spiro atoms. The minimum atomic E-state index is -0.877. The second-order valence-corrected chi connectivity index (χ2v) is 4.23. The largest absolute Gasteiger partial charge is 0.468 e. The normalized spacial score (nSPS) is 15.7. The summed E-state index contributed by atoms with van der Waals surface area (Å²) in [7, 11) is 3.37. The molecule has 0 amide bonds. The molecule has 2 N–H and O–H groups in total. The van der Waals surface area contributed by atoms with Gasteiger partial charge in [-0.25, -0.2) is 0 Å². The predicted molar refractivity (Wildman–Crippen MR) is 57.0 cm³/mol. The van der Waals surface area contributed by atoms with Gasteiger partial charge in [-0.05, 0) is 34.2 Å². The molecule has 0 bridgehead atoms. The fraction of sp³-hybridized carbons (Fsp3) is 0.900. The van der Waals surface area contributed by atoms with Crippen LogP contribution < -0.4 is 5.73 Å². The number of rotatable bonds is 5. The number of carbonyl (C=O) groups excluding carboxylic acids is 1. The van der Waals surface area contributed by atoms with E-state index in [1.165, 1.54) is 7.11 Å².